The quantitative estimate of drug-likeness (QED) is 0.721. The van der Waals surface area contributed by atoms with Gasteiger partial charge in [0.2, 0.25) is 15.9 Å². The van der Waals surface area contributed by atoms with E-state index in [9.17, 15) is 8.42 Å². The van der Waals surface area contributed by atoms with Crippen molar-refractivity contribution in [1.82, 2.24) is 4.98 Å². The van der Waals surface area contributed by atoms with Crippen LogP contribution in [-0.4, -0.2) is 33.2 Å². The van der Waals surface area contributed by atoms with Crippen molar-refractivity contribution in [1.29, 1.82) is 0 Å². The summed E-state index contributed by atoms with van der Waals surface area (Å²) in [5, 5.41) is 4.92. The van der Waals surface area contributed by atoms with Crippen LogP contribution < -0.4 is 9.88 Å². The van der Waals surface area contributed by atoms with E-state index in [0.29, 0.717) is 25.7 Å². The fourth-order valence-electron chi connectivity index (χ4n) is 0.970. The van der Waals surface area contributed by atoms with Crippen LogP contribution in [0.25, 0.3) is 0 Å². The lowest BCUT2D eigenvalue weighted by Gasteiger charge is -2.05. The van der Waals surface area contributed by atoms with Crippen LogP contribution in [-0.2, 0) is 14.8 Å². The highest BCUT2D eigenvalue weighted by molar-refractivity contribution is 7.89. The van der Waals surface area contributed by atoms with Crippen molar-refractivity contribution >= 4 is 10.0 Å². The van der Waals surface area contributed by atoms with Gasteiger partial charge in [-0.1, -0.05) is 0 Å². The van der Waals surface area contributed by atoms with Crippen molar-refractivity contribution in [2.75, 3.05) is 19.8 Å². The number of hydrogen-bond acceptors (Lipinski definition) is 5. The molecular weight excluding hydrogens is 232 g/mol. The number of nitrogens with zero attached hydrogens (tertiary/aromatic N) is 1. The predicted molar refractivity (Wildman–Crippen MR) is 57.6 cm³/mol. The van der Waals surface area contributed by atoms with Crippen molar-refractivity contribution in [3.63, 3.8) is 0 Å². The van der Waals surface area contributed by atoms with Crippen LogP contribution in [0.15, 0.2) is 23.2 Å². The first-order valence-corrected chi connectivity index (χ1v) is 6.28. The summed E-state index contributed by atoms with van der Waals surface area (Å²) in [5.74, 6) is 0.340. The lowest BCUT2D eigenvalue weighted by molar-refractivity contribution is 0.108. The van der Waals surface area contributed by atoms with Crippen molar-refractivity contribution < 1.29 is 17.9 Å². The molecule has 0 saturated heterocycles. The fourth-order valence-corrected chi connectivity index (χ4v) is 1.43. The van der Waals surface area contributed by atoms with Crippen LogP contribution in [0.5, 0.6) is 5.88 Å². The zero-order valence-electron chi connectivity index (χ0n) is 8.92. The Labute approximate surface area is 94.4 Å². The second-order valence-corrected chi connectivity index (χ2v) is 4.48. The molecule has 0 saturated carbocycles. The Balaban J connectivity index is 2.52. The van der Waals surface area contributed by atoms with Gasteiger partial charge in [-0.05, 0) is 13.0 Å². The molecule has 1 rings (SSSR count). The van der Waals surface area contributed by atoms with Gasteiger partial charge in [0.05, 0.1) is 12.8 Å². The molecule has 0 unspecified atom stereocenters. The van der Waals surface area contributed by atoms with Gasteiger partial charge in [0.1, 0.15) is 11.5 Å². The molecule has 0 aromatic carbocycles. The van der Waals surface area contributed by atoms with Gasteiger partial charge in [-0.3, -0.25) is 0 Å². The first-order valence-electron chi connectivity index (χ1n) is 4.73. The van der Waals surface area contributed by atoms with Gasteiger partial charge >= 0.3 is 0 Å². The average Bonchev–Trinajstić information content (AvgIpc) is 2.24. The Morgan fingerprint density at radius 2 is 2.12 bits per heavy atom. The van der Waals surface area contributed by atoms with E-state index >= 15 is 0 Å². The second kappa shape index (κ2) is 5.78. The summed E-state index contributed by atoms with van der Waals surface area (Å²) in [5.41, 5.74) is 0. The number of hydrogen-bond donors (Lipinski definition) is 1. The molecule has 16 heavy (non-hydrogen) atoms. The largest absolute Gasteiger partial charge is 0.475 e. The third-order valence-corrected chi connectivity index (χ3v) is 2.62. The zero-order chi connectivity index (χ0) is 12.0. The van der Waals surface area contributed by atoms with Gasteiger partial charge in [0, 0.05) is 12.7 Å². The SMILES string of the molecule is CCOCCOc1ccc(S(N)(=O)=O)cn1. The Morgan fingerprint density at radius 1 is 1.38 bits per heavy atom. The highest BCUT2D eigenvalue weighted by Gasteiger charge is 2.07. The summed E-state index contributed by atoms with van der Waals surface area (Å²) in [6.07, 6.45) is 1.16. The van der Waals surface area contributed by atoms with Gasteiger partial charge in [-0.25, -0.2) is 18.5 Å². The van der Waals surface area contributed by atoms with E-state index in [-0.39, 0.29) is 4.90 Å². The summed E-state index contributed by atoms with van der Waals surface area (Å²) >= 11 is 0. The van der Waals surface area contributed by atoms with E-state index in [1.54, 1.807) is 0 Å². The van der Waals surface area contributed by atoms with Crippen LogP contribution in [0.2, 0.25) is 0 Å². The zero-order valence-corrected chi connectivity index (χ0v) is 9.74. The molecule has 0 amide bonds. The lowest BCUT2D eigenvalue weighted by Crippen LogP contribution is -2.12. The van der Waals surface area contributed by atoms with Crippen LogP contribution in [0.3, 0.4) is 0 Å². The number of ether oxygens (including phenoxy) is 2. The molecule has 1 heterocycles. The Hall–Kier alpha value is -1.18. The molecule has 6 nitrogen and oxygen atoms in total. The average molecular weight is 246 g/mol. The molecule has 1 aromatic rings. The predicted octanol–water partition coefficient (Wildman–Crippen LogP) is 0.144. The molecule has 2 N–H and O–H groups in total. The first kappa shape index (κ1) is 12.9. The monoisotopic (exact) mass is 246 g/mol. The molecule has 90 valence electrons. The van der Waals surface area contributed by atoms with Crippen molar-refractivity contribution in [3.05, 3.63) is 18.3 Å². The smallest absolute Gasteiger partial charge is 0.239 e. The molecule has 0 radical (unpaired) electrons. The standard InChI is InChI=1S/C9H14N2O4S/c1-2-14-5-6-15-9-4-3-8(7-11-9)16(10,12)13/h3-4,7H,2,5-6H2,1H3,(H2,10,12,13). The van der Waals surface area contributed by atoms with E-state index in [4.69, 9.17) is 14.6 Å². The lowest BCUT2D eigenvalue weighted by atomic mass is 10.5. The van der Waals surface area contributed by atoms with Gasteiger partial charge in [-0.2, -0.15) is 0 Å². The van der Waals surface area contributed by atoms with E-state index in [1.165, 1.54) is 12.1 Å². The summed E-state index contributed by atoms with van der Waals surface area (Å²) < 4.78 is 32.1. The molecule has 7 heteroatoms. The van der Waals surface area contributed by atoms with Gasteiger partial charge in [0.15, 0.2) is 0 Å². The summed E-state index contributed by atoms with van der Waals surface area (Å²) in [6.45, 7) is 3.35. The molecule has 0 atom stereocenters. The highest BCUT2D eigenvalue weighted by atomic mass is 32.2. The maximum absolute atomic E-state index is 10.9. The minimum absolute atomic E-state index is 0.0374. The van der Waals surface area contributed by atoms with Crippen molar-refractivity contribution in [2.45, 2.75) is 11.8 Å². The minimum Gasteiger partial charge on any atom is -0.475 e. The van der Waals surface area contributed by atoms with Crippen molar-refractivity contribution in [3.8, 4) is 5.88 Å². The topological polar surface area (TPSA) is 91.5 Å². The van der Waals surface area contributed by atoms with Crippen LogP contribution in [0.4, 0.5) is 0 Å². The normalized spacial score (nSPS) is 11.4. The minimum atomic E-state index is -3.69. The van der Waals surface area contributed by atoms with Gasteiger partial charge in [0.25, 0.3) is 0 Å². The molecule has 0 bridgehead atoms. The van der Waals surface area contributed by atoms with E-state index in [2.05, 4.69) is 4.98 Å². The number of sulfonamides is 1. The van der Waals surface area contributed by atoms with Crippen LogP contribution >= 0.6 is 0 Å². The maximum Gasteiger partial charge on any atom is 0.239 e. The maximum atomic E-state index is 10.9. The third-order valence-electron chi connectivity index (χ3n) is 1.72. The molecule has 0 aliphatic carbocycles. The van der Waals surface area contributed by atoms with E-state index in [0.717, 1.165) is 6.20 Å². The first-order chi connectivity index (χ1) is 7.54. The number of pyridine rings is 1. The van der Waals surface area contributed by atoms with Crippen LogP contribution in [0, 0.1) is 0 Å². The Bertz CT molecular complexity index is 416. The molecular formula is C9H14N2O4S. The molecule has 0 spiro atoms. The van der Waals surface area contributed by atoms with E-state index < -0.39 is 10.0 Å². The fraction of sp³-hybridized carbons (Fsp3) is 0.444. The number of rotatable bonds is 6. The summed E-state index contributed by atoms with van der Waals surface area (Å²) in [6, 6.07) is 2.80. The summed E-state index contributed by atoms with van der Waals surface area (Å²) in [4.78, 5) is 3.77. The van der Waals surface area contributed by atoms with E-state index in [1.807, 2.05) is 6.92 Å². The molecule has 1 aromatic heterocycles. The molecule has 0 aliphatic heterocycles. The van der Waals surface area contributed by atoms with Crippen LogP contribution in [0.1, 0.15) is 6.92 Å². The van der Waals surface area contributed by atoms with Crippen molar-refractivity contribution in [2.24, 2.45) is 5.14 Å². The Morgan fingerprint density at radius 3 is 2.62 bits per heavy atom. The number of primary sulfonamides is 1. The van der Waals surface area contributed by atoms with Gasteiger partial charge in [-0.15, -0.1) is 0 Å². The summed E-state index contributed by atoms with van der Waals surface area (Å²) in [7, 11) is -3.69. The second-order valence-electron chi connectivity index (χ2n) is 2.92. The number of aromatic nitrogens is 1. The number of nitrogens with two attached hydrogens (primary N) is 1. The van der Waals surface area contributed by atoms with Gasteiger partial charge < -0.3 is 9.47 Å². The molecule has 0 fully saturated rings. The third kappa shape index (κ3) is 4.13. The molecule has 0 aliphatic rings. The highest BCUT2D eigenvalue weighted by Crippen LogP contribution is 2.10. The Kier molecular flexibility index (Phi) is 4.66.